The lowest BCUT2D eigenvalue weighted by Gasteiger charge is -2.09. The summed E-state index contributed by atoms with van der Waals surface area (Å²) in [5.41, 5.74) is 0.416. The van der Waals surface area contributed by atoms with Gasteiger partial charge in [0.05, 0.1) is 30.2 Å². The number of carbonyl (C=O) groups is 1. The lowest BCUT2D eigenvalue weighted by molar-refractivity contribution is 0.0829. The molecule has 0 aliphatic heterocycles. The molecule has 3 aromatic heterocycles. The zero-order valence-corrected chi connectivity index (χ0v) is 14.6. The molecule has 0 spiro atoms. The Hall–Kier alpha value is -2.59. The number of amides is 1. The molecule has 24 heavy (non-hydrogen) atoms. The van der Waals surface area contributed by atoms with Crippen LogP contribution in [0.3, 0.4) is 0 Å². The maximum Gasteiger partial charge on any atom is 0.267 e. The van der Waals surface area contributed by atoms with Gasteiger partial charge in [-0.2, -0.15) is 8.75 Å². The van der Waals surface area contributed by atoms with Gasteiger partial charge in [0.1, 0.15) is 10.6 Å². The fraction of sp³-hybridized carbons (Fsp3) is 0.214. The predicted molar refractivity (Wildman–Crippen MR) is 93.2 cm³/mol. The molecule has 0 saturated carbocycles. The van der Waals surface area contributed by atoms with Crippen LogP contribution in [-0.4, -0.2) is 38.8 Å². The minimum absolute atomic E-state index is 0.0938. The van der Waals surface area contributed by atoms with Crippen molar-refractivity contribution in [2.45, 2.75) is 6.54 Å². The van der Waals surface area contributed by atoms with Gasteiger partial charge in [0.15, 0.2) is 17.4 Å². The van der Waals surface area contributed by atoms with Crippen molar-refractivity contribution in [2.24, 2.45) is 0 Å². The monoisotopic (exact) mass is 365 g/mol. The first-order valence-electron chi connectivity index (χ1n) is 6.94. The summed E-state index contributed by atoms with van der Waals surface area (Å²) in [6.07, 6.45) is 1.60. The quantitative estimate of drug-likeness (QED) is 0.617. The third-order valence-electron chi connectivity index (χ3n) is 3.12. The first kappa shape index (κ1) is 16.3. The number of hydrogen-bond acceptors (Lipinski definition) is 9. The van der Waals surface area contributed by atoms with Gasteiger partial charge >= 0.3 is 0 Å². The van der Waals surface area contributed by atoms with E-state index in [0.29, 0.717) is 23.9 Å². The van der Waals surface area contributed by atoms with E-state index in [1.807, 2.05) is 12.1 Å². The highest BCUT2D eigenvalue weighted by Gasteiger charge is 2.20. The minimum atomic E-state index is -0.252. The lowest BCUT2D eigenvalue weighted by Crippen LogP contribution is -2.20. The van der Waals surface area contributed by atoms with Crippen molar-refractivity contribution in [1.29, 1.82) is 0 Å². The average Bonchev–Trinajstić information content (AvgIpc) is 3.28. The summed E-state index contributed by atoms with van der Waals surface area (Å²) in [6, 6.07) is 3.66. The normalized spacial score (nSPS) is 10.6. The summed E-state index contributed by atoms with van der Waals surface area (Å²) < 4.78 is 13.6. The van der Waals surface area contributed by atoms with Gasteiger partial charge in [0.2, 0.25) is 0 Å². The van der Waals surface area contributed by atoms with E-state index in [1.54, 1.807) is 25.7 Å². The van der Waals surface area contributed by atoms with E-state index < -0.39 is 0 Å². The SMILES string of the molecule is CN(C)C(=O)c1scc(Nc2nsnc2NCc2ccco2)c1O. The lowest BCUT2D eigenvalue weighted by atomic mass is 10.3. The Morgan fingerprint density at radius 3 is 2.88 bits per heavy atom. The third kappa shape index (κ3) is 3.34. The molecule has 3 N–H and O–H groups in total. The van der Waals surface area contributed by atoms with Crippen LogP contribution < -0.4 is 10.6 Å². The summed E-state index contributed by atoms with van der Waals surface area (Å²) in [6.45, 7) is 0.465. The van der Waals surface area contributed by atoms with Crippen molar-refractivity contribution in [3.8, 4) is 5.75 Å². The Bertz CT molecular complexity index is 825. The number of aromatic nitrogens is 2. The van der Waals surface area contributed by atoms with Crippen LogP contribution in [0.1, 0.15) is 15.4 Å². The maximum absolute atomic E-state index is 12.0. The largest absolute Gasteiger partial charge is 0.504 e. The van der Waals surface area contributed by atoms with Crippen LogP contribution in [0.25, 0.3) is 0 Å². The number of thiophene rings is 1. The molecule has 0 fully saturated rings. The molecule has 0 aliphatic rings. The molecule has 0 bridgehead atoms. The van der Waals surface area contributed by atoms with Crippen LogP contribution in [0.15, 0.2) is 28.2 Å². The van der Waals surface area contributed by atoms with Crippen molar-refractivity contribution in [1.82, 2.24) is 13.6 Å². The third-order valence-corrected chi connectivity index (χ3v) is 4.60. The second-order valence-corrected chi connectivity index (χ2v) is 6.45. The van der Waals surface area contributed by atoms with E-state index in [1.165, 1.54) is 16.2 Å². The van der Waals surface area contributed by atoms with E-state index in [-0.39, 0.29) is 16.5 Å². The Labute approximate surface area is 146 Å². The van der Waals surface area contributed by atoms with Gasteiger partial charge < -0.3 is 25.1 Å². The number of nitrogens with one attached hydrogen (secondary N) is 2. The number of anilines is 3. The van der Waals surface area contributed by atoms with Gasteiger partial charge in [0, 0.05) is 19.5 Å². The second-order valence-electron chi connectivity index (χ2n) is 5.05. The molecule has 0 atom stereocenters. The topological polar surface area (TPSA) is 104 Å². The van der Waals surface area contributed by atoms with Crippen molar-refractivity contribution < 1.29 is 14.3 Å². The Morgan fingerprint density at radius 2 is 2.17 bits per heavy atom. The predicted octanol–water partition coefficient (Wildman–Crippen LogP) is 2.96. The van der Waals surface area contributed by atoms with E-state index in [0.717, 1.165) is 17.5 Å². The number of hydrogen-bond donors (Lipinski definition) is 3. The smallest absolute Gasteiger partial charge is 0.267 e. The van der Waals surface area contributed by atoms with Crippen LogP contribution in [0.4, 0.5) is 17.3 Å². The fourth-order valence-electron chi connectivity index (χ4n) is 1.89. The van der Waals surface area contributed by atoms with E-state index >= 15 is 0 Å². The molecule has 0 aromatic carbocycles. The van der Waals surface area contributed by atoms with E-state index in [4.69, 9.17) is 4.42 Å². The van der Waals surface area contributed by atoms with Crippen LogP contribution in [0.2, 0.25) is 0 Å². The number of nitrogens with zero attached hydrogens (tertiary/aromatic N) is 3. The van der Waals surface area contributed by atoms with Gasteiger partial charge in [-0.05, 0) is 12.1 Å². The zero-order chi connectivity index (χ0) is 17.1. The van der Waals surface area contributed by atoms with Crippen LogP contribution in [0.5, 0.6) is 5.75 Å². The average molecular weight is 365 g/mol. The van der Waals surface area contributed by atoms with Crippen molar-refractivity contribution in [2.75, 3.05) is 24.7 Å². The highest BCUT2D eigenvalue weighted by Crippen LogP contribution is 2.37. The molecular formula is C14H15N5O3S2. The summed E-state index contributed by atoms with van der Waals surface area (Å²) >= 11 is 2.21. The molecule has 126 valence electrons. The van der Waals surface area contributed by atoms with Crippen molar-refractivity contribution in [3.63, 3.8) is 0 Å². The molecule has 1 amide bonds. The Balaban J connectivity index is 1.73. The summed E-state index contributed by atoms with van der Waals surface area (Å²) in [7, 11) is 3.27. The second kappa shape index (κ2) is 6.89. The molecule has 0 aliphatic carbocycles. The van der Waals surface area contributed by atoms with Gasteiger partial charge in [-0.15, -0.1) is 11.3 Å². The molecule has 0 saturated heterocycles. The molecule has 10 heteroatoms. The molecule has 3 aromatic rings. The molecular weight excluding hydrogens is 350 g/mol. The number of rotatable bonds is 6. The van der Waals surface area contributed by atoms with Gasteiger partial charge in [0.25, 0.3) is 5.91 Å². The van der Waals surface area contributed by atoms with Crippen LogP contribution in [-0.2, 0) is 6.54 Å². The maximum atomic E-state index is 12.0. The van der Waals surface area contributed by atoms with Gasteiger partial charge in [-0.25, -0.2) is 0 Å². The summed E-state index contributed by atoms with van der Waals surface area (Å²) in [4.78, 5) is 13.7. The highest BCUT2D eigenvalue weighted by atomic mass is 32.1. The first-order valence-corrected chi connectivity index (χ1v) is 8.55. The molecule has 0 unspecified atom stereocenters. The van der Waals surface area contributed by atoms with Gasteiger partial charge in [-0.3, -0.25) is 4.79 Å². The molecule has 0 radical (unpaired) electrons. The fourth-order valence-corrected chi connectivity index (χ4v) is 3.29. The van der Waals surface area contributed by atoms with Crippen molar-refractivity contribution in [3.05, 3.63) is 34.4 Å². The Morgan fingerprint density at radius 1 is 1.38 bits per heavy atom. The van der Waals surface area contributed by atoms with Crippen LogP contribution in [0, 0.1) is 0 Å². The van der Waals surface area contributed by atoms with Crippen LogP contribution >= 0.6 is 23.1 Å². The zero-order valence-electron chi connectivity index (χ0n) is 12.9. The minimum Gasteiger partial charge on any atom is -0.504 e. The van der Waals surface area contributed by atoms with Gasteiger partial charge in [-0.1, -0.05) is 0 Å². The number of furan rings is 1. The standard InChI is InChI=1S/C14H15N5O3S2/c1-19(2)14(21)11-10(20)9(7-23-11)16-13-12(17-24-18-13)15-6-8-4-3-5-22-8/h3-5,7,20H,6H2,1-2H3,(H,15,17)(H,16,18). The number of aromatic hydroxyl groups is 1. The van der Waals surface area contributed by atoms with E-state index in [2.05, 4.69) is 19.4 Å². The first-order chi connectivity index (χ1) is 11.6. The molecule has 8 nitrogen and oxygen atoms in total. The van der Waals surface area contributed by atoms with Crippen molar-refractivity contribution >= 4 is 46.3 Å². The van der Waals surface area contributed by atoms with E-state index in [9.17, 15) is 9.90 Å². The Kier molecular flexibility index (Phi) is 4.67. The summed E-state index contributed by atoms with van der Waals surface area (Å²) in [5, 5.41) is 18.0. The summed E-state index contributed by atoms with van der Waals surface area (Å²) in [5.74, 6) is 1.44. The highest BCUT2D eigenvalue weighted by molar-refractivity contribution is 7.13. The molecule has 3 heterocycles. The number of carbonyl (C=O) groups excluding carboxylic acids is 1. The molecule has 3 rings (SSSR count).